The molecule has 0 aliphatic rings. The summed E-state index contributed by atoms with van der Waals surface area (Å²) in [5.74, 6) is 1.19. The molecule has 0 unspecified atom stereocenters. The molecule has 1 N–H and O–H groups in total. The van der Waals surface area contributed by atoms with Gasteiger partial charge >= 0.3 is 0 Å². The van der Waals surface area contributed by atoms with Crippen molar-refractivity contribution >= 4 is 16.9 Å². The summed E-state index contributed by atoms with van der Waals surface area (Å²) in [6.45, 7) is 4.14. The molecule has 8 heteroatoms. The van der Waals surface area contributed by atoms with Crippen LogP contribution < -0.4 is 20.3 Å². The highest BCUT2D eigenvalue weighted by Gasteiger charge is 2.16. The molecule has 3 aromatic rings. The molecule has 0 radical (unpaired) electrons. The van der Waals surface area contributed by atoms with Gasteiger partial charge in [0.15, 0.2) is 0 Å². The summed E-state index contributed by atoms with van der Waals surface area (Å²) < 4.78 is 13.7. The van der Waals surface area contributed by atoms with E-state index in [1.807, 2.05) is 32.0 Å². The highest BCUT2D eigenvalue weighted by Crippen LogP contribution is 2.24. The molecule has 0 bridgehead atoms. The molecule has 0 fully saturated rings. The summed E-state index contributed by atoms with van der Waals surface area (Å²) in [6.07, 6.45) is 0.599. The third-order valence-electron chi connectivity index (χ3n) is 4.96. The molecule has 1 amide bonds. The molecule has 29 heavy (non-hydrogen) atoms. The number of fused-ring (bicyclic) bond motifs is 1. The van der Waals surface area contributed by atoms with Crippen LogP contribution in [-0.4, -0.2) is 41.0 Å². The minimum absolute atomic E-state index is 0.0612. The van der Waals surface area contributed by atoms with Crippen molar-refractivity contribution in [3.8, 4) is 11.5 Å². The molecule has 0 saturated carbocycles. The van der Waals surface area contributed by atoms with Gasteiger partial charge < -0.3 is 14.8 Å². The number of rotatable bonds is 7. The van der Waals surface area contributed by atoms with Gasteiger partial charge in [0, 0.05) is 31.1 Å². The minimum Gasteiger partial charge on any atom is -0.497 e. The number of aromatic nitrogens is 3. The average molecular weight is 398 g/mol. The molecule has 1 aromatic carbocycles. The molecule has 2 heterocycles. The van der Waals surface area contributed by atoms with E-state index in [0.717, 1.165) is 22.2 Å². The maximum absolute atomic E-state index is 12.5. The maximum Gasteiger partial charge on any atom is 0.252 e. The molecule has 3 rings (SSSR count). The number of amides is 1. The van der Waals surface area contributed by atoms with E-state index in [4.69, 9.17) is 9.47 Å². The lowest BCUT2D eigenvalue weighted by Gasteiger charge is -2.12. The van der Waals surface area contributed by atoms with Crippen LogP contribution in [0.5, 0.6) is 11.5 Å². The number of nitrogens with zero attached hydrogens (tertiary/aromatic N) is 3. The Labute approximate surface area is 169 Å². The van der Waals surface area contributed by atoms with Crippen LogP contribution in [0.25, 0.3) is 11.0 Å². The summed E-state index contributed by atoms with van der Waals surface area (Å²) in [7, 11) is 4.97. The Bertz CT molecular complexity index is 1110. The summed E-state index contributed by atoms with van der Waals surface area (Å²) in [4.78, 5) is 25.0. The van der Waals surface area contributed by atoms with Crippen LogP contribution >= 0.6 is 0 Å². The van der Waals surface area contributed by atoms with Gasteiger partial charge in [-0.25, -0.2) is 0 Å². The van der Waals surface area contributed by atoms with Crippen molar-refractivity contribution in [1.82, 2.24) is 19.7 Å². The normalized spacial score (nSPS) is 10.9. The third kappa shape index (κ3) is 4.11. The smallest absolute Gasteiger partial charge is 0.252 e. The first kappa shape index (κ1) is 20.4. The van der Waals surface area contributed by atoms with Crippen LogP contribution in [0, 0.1) is 13.8 Å². The van der Waals surface area contributed by atoms with Crippen LogP contribution in [0.2, 0.25) is 0 Å². The minimum atomic E-state index is -0.233. The van der Waals surface area contributed by atoms with Crippen LogP contribution in [0.4, 0.5) is 0 Å². The number of ether oxygens (including phenoxy) is 2. The van der Waals surface area contributed by atoms with Gasteiger partial charge in [-0.1, -0.05) is 6.07 Å². The molecule has 0 spiro atoms. The maximum atomic E-state index is 12.5. The first-order valence-corrected chi connectivity index (χ1v) is 9.37. The third-order valence-corrected chi connectivity index (χ3v) is 4.96. The first-order chi connectivity index (χ1) is 13.8. The molecule has 2 aromatic heterocycles. The monoisotopic (exact) mass is 398 g/mol. The van der Waals surface area contributed by atoms with Crippen molar-refractivity contribution < 1.29 is 14.3 Å². The number of hydrogen-bond acceptors (Lipinski definition) is 5. The lowest BCUT2D eigenvalue weighted by Crippen LogP contribution is -2.34. The van der Waals surface area contributed by atoms with Crippen LogP contribution in [-0.2, 0) is 24.8 Å². The second kappa shape index (κ2) is 8.38. The van der Waals surface area contributed by atoms with Gasteiger partial charge in [0.1, 0.15) is 23.7 Å². The molecule has 0 saturated heterocycles. The van der Waals surface area contributed by atoms with E-state index >= 15 is 0 Å². The molecule has 8 nitrogen and oxygen atoms in total. The number of pyridine rings is 1. The number of methoxy groups -OCH3 is 2. The number of aryl methyl sites for hydroxylation is 3. The fourth-order valence-corrected chi connectivity index (χ4v) is 3.60. The van der Waals surface area contributed by atoms with E-state index < -0.39 is 0 Å². The quantitative estimate of drug-likeness (QED) is 0.655. The molecule has 0 aliphatic carbocycles. The fraction of sp³-hybridized carbons (Fsp3) is 0.381. The van der Waals surface area contributed by atoms with Crippen molar-refractivity contribution in [3.63, 3.8) is 0 Å². The van der Waals surface area contributed by atoms with Crippen LogP contribution in [0.3, 0.4) is 0 Å². The Morgan fingerprint density at radius 2 is 1.93 bits per heavy atom. The van der Waals surface area contributed by atoms with E-state index in [9.17, 15) is 9.59 Å². The van der Waals surface area contributed by atoms with Crippen molar-refractivity contribution in [2.45, 2.75) is 26.8 Å². The second-order valence-corrected chi connectivity index (χ2v) is 6.94. The van der Waals surface area contributed by atoms with E-state index in [1.54, 1.807) is 32.0 Å². The largest absolute Gasteiger partial charge is 0.497 e. The zero-order chi connectivity index (χ0) is 21.1. The zero-order valence-electron chi connectivity index (χ0n) is 17.4. The number of carbonyl (C=O) groups is 1. The molecule has 0 aliphatic heterocycles. The van der Waals surface area contributed by atoms with Crippen LogP contribution in [0.1, 0.15) is 16.8 Å². The Hall–Kier alpha value is -3.29. The van der Waals surface area contributed by atoms with E-state index in [0.29, 0.717) is 30.1 Å². The number of carbonyl (C=O) groups excluding carboxylic acids is 1. The Morgan fingerprint density at radius 3 is 2.62 bits per heavy atom. The SMILES string of the molecule is COc1ccc(CCNC(=O)Cn2c(=O)cc(C)c3c(C)nn(C)c32)c(OC)c1. The topological polar surface area (TPSA) is 87.4 Å². The van der Waals surface area contributed by atoms with Gasteiger partial charge in [-0.05, 0) is 37.5 Å². The van der Waals surface area contributed by atoms with Crippen molar-refractivity contribution in [1.29, 1.82) is 0 Å². The Kier molecular flexibility index (Phi) is 5.91. The number of hydrogen-bond donors (Lipinski definition) is 1. The van der Waals surface area contributed by atoms with Gasteiger partial charge in [-0.3, -0.25) is 18.8 Å². The highest BCUT2D eigenvalue weighted by molar-refractivity contribution is 5.84. The standard InChI is InChI=1S/C21H26N4O4/c1-13-10-19(27)25(21-20(13)14(2)23-24(21)3)12-18(26)22-9-8-15-6-7-16(28-4)11-17(15)29-5/h6-7,10-11H,8-9,12H2,1-5H3,(H,22,26). The Morgan fingerprint density at radius 1 is 1.17 bits per heavy atom. The summed E-state index contributed by atoms with van der Waals surface area (Å²) in [5.41, 5.74) is 3.09. The highest BCUT2D eigenvalue weighted by atomic mass is 16.5. The summed E-state index contributed by atoms with van der Waals surface area (Å²) in [5, 5.41) is 8.18. The second-order valence-electron chi connectivity index (χ2n) is 6.94. The van der Waals surface area contributed by atoms with Gasteiger partial charge in [-0.2, -0.15) is 5.10 Å². The van der Waals surface area contributed by atoms with Crippen LogP contribution in [0.15, 0.2) is 29.1 Å². The molecule has 154 valence electrons. The van der Waals surface area contributed by atoms with E-state index in [1.165, 1.54) is 4.57 Å². The van der Waals surface area contributed by atoms with Crippen molar-refractivity contribution in [3.05, 3.63) is 51.4 Å². The number of nitrogens with one attached hydrogen (secondary N) is 1. The van der Waals surface area contributed by atoms with Crippen molar-refractivity contribution in [2.75, 3.05) is 20.8 Å². The van der Waals surface area contributed by atoms with Gasteiger partial charge in [0.25, 0.3) is 5.56 Å². The summed E-state index contributed by atoms with van der Waals surface area (Å²) in [6, 6.07) is 7.13. The zero-order valence-corrected chi connectivity index (χ0v) is 17.4. The van der Waals surface area contributed by atoms with Gasteiger partial charge in [0.05, 0.1) is 19.9 Å². The molecular formula is C21H26N4O4. The fourth-order valence-electron chi connectivity index (χ4n) is 3.60. The Balaban J connectivity index is 1.72. The van der Waals surface area contributed by atoms with Gasteiger partial charge in [-0.15, -0.1) is 0 Å². The summed E-state index contributed by atoms with van der Waals surface area (Å²) >= 11 is 0. The average Bonchev–Trinajstić information content (AvgIpc) is 2.99. The predicted octanol–water partition coefficient (Wildman–Crippen LogP) is 1.73. The molecule has 0 atom stereocenters. The lowest BCUT2D eigenvalue weighted by molar-refractivity contribution is -0.121. The lowest BCUT2D eigenvalue weighted by atomic mass is 10.1. The van der Waals surface area contributed by atoms with Crippen molar-refractivity contribution in [2.24, 2.45) is 7.05 Å². The van der Waals surface area contributed by atoms with E-state index in [-0.39, 0.29) is 18.0 Å². The van der Waals surface area contributed by atoms with Gasteiger partial charge in [0.2, 0.25) is 5.91 Å². The van der Waals surface area contributed by atoms with E-state index in [2.05, 4.69) is 10.4 Å². The first-order valence-electron chi connectivity index (χ1n) is 9.37. The number of benzene rings is 1. The molecular weight excluding hydrogens is 372 g/mol. The predicted molar refractivity (Wildman–Crippen MR) is 111 cm³/mol.